The maximum Gasteiger partial charge on any atom is 0.345 e. The molecule has 1 heterocycles. The van der Waals surface area contributed by atoms with Gasteiger partial charge in [0, 0.05) is 24.3 Å². The molecule has 1 fully saturated rings. The molecule has 0 N–H and O–H groups in total. The second-order valence-corrected chi connectivity index (χ2v) is 11.1. The van der Waals surface area contributed by atoms with Crippen LogP contribution in [0.1, 0.15) is 61.8 Å². The quantitative estimate of drug-likeness (QED) is 0.688. The zero-order valence-electron chi connectivity index (χ0n) is 13.6. The minimum atomic E-state index is -2.07. The Kier molecular flexibility index (Phi) is 4.73. The van der Waals surface area contributed by atoms with Crippen molar-refractivity contribution in [3.63, 3.8) is 0 Å². The summed E-state index contributed by atoms with van der Waals surface area (Å²) in [6, 6.07) is 0. The molecule has 0 radical (unpaired) electrons. The van der Waals surface area contributed by atoms with Gasteiger partial charge in [0.15, 0.2) is 0 Å². The van der Waals surface area contributed by atoms with Crippen LogP contribution in [0.2, 0.25) is 11.1 Å². The molecule has 0 aromatic carbocycles. The maximum absolute atomic E-state index is 6.30. The maximum atomic E-state index is 6.30. The monoisotopic (exact) mass is 272 g/mol. The minimum Gasteiger partial charge on any atom is -0.394 e. The van der Waals surface area contributed by atoms with Crippen molar-refractivity contribution in [3.05, 3.63) is 0 Å². The summed E-state index contributed by atoms with van der Waals surface area (Å²) < 4.78 is 12.6. The lowest BCUT2D eigenvalue weighted by Crippen LogP contribution is -2.65. The molecule has 0 aromatic rings. The van der Waals surface area contributed by atoms with Crippen LogP contribution in [0.4, 0.5) is 0 Å². The van der Waals surface area contributed by atoms with Crippen molar-refractivity contribution in [1.82, 2.24) is 0 Å². The summed E-state index contributed by atoms with van der Waals surface area (Å²) in [5.41, 5.74) is 1.82. The molecule has 0 spiro atoms. The summed E-state index contributed by atoms with van der Waals surface area (Å²) in [6.45, 7) is 19.7. The van der Waals surface area contributed by atoms with E-state index in [1.807, 2.05) is 0 Å². The first-order valence-corrected chi connectivity index (χ1v) is 9.34. The molecule has 0 aliphatic carbocycles. The lowest BCUT2D eigenvalue weighted by molar-refractivity contribution is 0.0733. The van der Waals surface area contributed by atoms with Gasteiger partial charge >= 0.3 is 8.56 Å². The van der Waals surface area contributed by atoms with Crippen LogP contribution in [-0.4, -0.2) is 21.8 Å². The third kappa shape index (κ3) is 2.83. The van der Waals surface area contributed by atoms with Crippen molar-refractivity contribution < 1.29 is 8.85 Å². The van der Waals surface area contributed by atoms with Crippen LogP contribution in [0, 0.1) is 10.8 Å². The normalized spacial score (nSPS) is 28.0. The molecule has 1 aliphatic rings. The summed E-state index contributed by atoms with van der Waals surface area (Å²) in [7, 11) is -2.07. The topological polar surface area (TPSA) is 18.5 Å². The molecule has 0 bridgehead atoms. The van der Waals surface area contributed by atoms with Gasteiger partial charge in [-0.25, -0.2) is 0 Å². The smallest absolute Gasteiger partial charge is 0.345 e. The van der Waals surface area contributed by atoms with E-state index in [1.165, 1.54) is 6.42 Å². The number of hydrogen-bond acceptors (Lipinski definition) is 2. The van der Waals surface area contributed by atoms with E-state index in [9.17, 15) is 0 Å². The third-order valence-electron chi connectivity index (χ3n) is 4.27. The Morgan fingerprint density at radius 3 is 1.39 bits per heavy atom. The second kappa shape index (κ2) is 5.26. The van der Waals surface area contributed by atoms with Crippen LogP contribution in [-0.2, 0) is 8.85 Å². The van der Waals surface area contributed by atoms with Gasteiger partial charge in [-0.3, -0.25) is 0 Å². The fraction of sp³-hybridized carbons (Fsp3) is 1.00. The van der Waals surface area contributed by atoms with Gasteiger partial charge in [-0.2, -0.15) is 0 Å². The van der Waals surface area contributed by atoms with Crippen molar-refractivity contribution in [2.24, 2.45) is 10.8 Å². The first-order chi connectivity index (χ1) is 8.09. The van der Waals surface area contributed by atoms with Gasteiger partial charge in [-0.15, -0.1) is 0 Å². The largest absolute Gasteiger partial charge is 0.394 e. The summed E-state index contributed by atoms with van der Waals surface area (Å²) in [5, 5.41) is 0. The van der Waals surface area contributed by atoms with Gasteiger partial charge in [0.2, 0.25) is 0 Å². The molecule has 18 heavy (non-hydrogen) atoms. The molecule has 2 unspecified atom stereocenters. The molecule has 1 saturated heterocycles. The Hall–Kier alpha value is 0.137. The molecule has 3 heteroatoms. The fourth-order valence-electron chi connectivity index (χ4n) is 3.46. The number of rotatable bonds is 4. The predicted molar refractivity (Wildman–Crippen MR) is 80.0 cm³/mol. The highest BCUT2D eigenvalue weighted by Crippen LogP contribution is 2.65. The molecule has 2 nitrogen and oxygen atoms in total. The third-order valence-corrected chi connectivity index (χ3v) is 9.90. The Morgan fingerprint density at radius 2 is 1.17 bits per heavy atom. The van der Waals surface area contributed by atoms with E-state index in [-0.39, 0.29) is 10.8 Å². The Bertz CT molecular complexity index is 247. The van der Waals surface area contributed by atoms with Crippen LogP contribution in [0.25, 0.3) is 0 Å². The molecule has 1 rings (SSSR count). The van der Waals surface area contributed by atoms with E-state index in [0.29, 0.717) is 11.1 Å². The summed E-state index contributed by atoms with van der Waals surface area (Å²) in [6.07, 6.45) is 1.26. The molecule has 1 aliphatic heterocycles. The van der Waals surface area contributed by atoms with Crippen LogP contribution >= 0.6 is 0 Å². The standard InChI is InChI=1S/C15H32O2Si/c1-9-16-18(17-10-2)12(14(3,4)5)11-13(18)15(6,7)8/h12-13H,9-11H2,1-8H3. The highest BCUT2D eigenvalue weighted by molar-refractivity contribution is 6.74. The Morgan fingerprint density at radius 1 is 0.833 bits per heavy atom. The zero-order chi connectivity index (χ0) is 14.2. The van der Waals surface area contributed by atoms with E-state index in [4.69, 9.17) is 8.85 Å². The highest BCUT2D eigenvalue weighted by Gasteiger charge is 2.67. The predicted octanol–water partition coefficient (Wildman–Crippen LogP) is 4.74. The van der Waals surface area contributed by atoms with Crippen molar-refractivity contribution >= 4 is 8.56 Å². The molecular formula is C15H32O2Si. The van der Waals surface area contributed by atoms with Gasteiger partial charge < -0.3 is 8.85 Å². The average molecular weight is 273 g/mol. The minimum absolute atomic E-state index is 0.290. The van der Waals surface area contributed by atoms with Crippen molar-refractivity contribution in [2.75, 3.05) is 13.2 Å². The van der Waals surface area contributed by atoms with Gasteiger partial charge in [0.1, 0.15) is 0 Å². The van der Waals surface area contributed by atoms with Gasteiger partial charge in [0.25, 0.3) is 0 Å². The second-order valence-electron chi connectivity index (χ2n) is 7.66. The van der Waals surface area contributed by atoms with Crippen molar-refractivity contribution in [1.29, 1.82) is 0 Å². The van der Waals surface area contributed by atoms with E-state index in [1.54, 1.807) is 0 Å². The van der Waals surface area contributed by atoms with Gasteiger partial charge in [-0.1, -0.05) is 41.5 Å². The van der Waals surface area contributed by atoms with Crippen molar-refractivity contribution in [2.45, 2.75) is 72.9 Å². The van der Waals surface area contributed by atoms with Gasteiger partial charge in [-0.05, 0) is 31.1 Å². The Labute approximate surface area is 115 Å². The van der Waals surface area contributed by atoms with Crippen LogP contribution in [0.3, 0.4) is 0 Å². The SMILES string of the molecule is CCO[Si]1(OCC)C(C(C)(C)C)CC1C(C)(C)C. The molecule has 2 atom stereocenters. The molecular weight excluding hydrogens is 240 g/mol. The summed E-state index contributed by atoms with van der Waals surface area (Å²) >= 11 is 0. The molecule has 0 amide bonds. The van der Waals surface area contributed by atoms with Crippen LogP contribution in [0.15, 0.2) is 0 Å². The van der Waals surface area contributed by atoms with Gasteiger partial charge in [0.05, 0.1) is 0 Å². The molecule has 0 saturated carbocycles. The Balaban J connectivity index is 3.05. The van der Waals surface area contributed by atoms with Crippen LogP contribution in [0.5, 0.6) is 0 Å². The molecule has 108 valence electrons. The van der Waals surface area contributed by atoms with E-state index < -0.39 is 8.56 Å². The van der Waals surface area contributed by atoms with E-state index in [0.717, 1.165) is 13.2 Å². The zero-order valence-corrected chi connectivity index (χ0v) is 14.6. The lowest BCUT2D eigenvalue weighted by atomic mass is 9.81. The highest BCUT2D eigenvalue weighted by atomic mass is 28.4. The van der Waals surface area contributed by atoms with Crippen LogP contribution < -0.4 is 0 Å². The average Bonchev–Trinajstić information content (AvgIpc) is 2.10. The number of hydrogen-bond donors (Lipinski definition) is 0. The lowest BCUT2D eigenvalue weighted by Gasteiger charge is -2.60. The van der Waals surface area contributed by atoms with E-state index in [2.05, 4.69) is 55.4 Å². The first-order valence-electron chi connectivity index (χ1n) is 7.37. The molecule has 0 aromatic heterocycles. The summed E-state index contributed by atoms with van der Waals surface area (Å²) in [5.74, 6) is 0. The summed E-state index contributed by atoms with van der Waals surface area (Å²) in [4.78, 5) is 0. The van der Waals surface area contributed by atoms with Crippen molar-refractivity contribution in [3.8, 4) is 0 Å². The fourth-order valence-corrected chi connectivity index (χ4v) is 8.84. The van der Waals surface area contributed by atoms with E-state index >= 15 is 0 Å². The first kappa shape index (κ1) is 16.2.